The summed E-state index contributed by atoms with van der Waals surface area (Å²) in [6.45, 7) is 6.23. The molecule has 0 aliphatic carbocycles. The quantitative estimate of drug-likeness (QED) is 0.412. The van der Waals surface area contributed by atoms with Crippen molar-refractivity contribution in [1.29, 1.82) is 0 Å². The average Bonchev–Trinajstić information content (AvgIpc) is 3.16. The molecular formula is C25H26FNO3S. The molecule has 0 aliphatic rings. The SMILES string of the molecule is CCOC(=O)c1c(-c2ccc(F)cc2)csc1NC(=O)CCc1ccc(C(C)C)cc1. The number of anilines is 1. The maximum Gasteiger partial charge on any atom is 0.341 e. The van der Waals surface area contributed by atoms with Gasteiger partial charge >= 0.3 is 5.97 Å². The maximum atomic E-state index is 13.3. The van der Waals surface area contributed by atoms with E-state index in [2.05, 4.69) is 31.3 Å². The Morgan fingerprint density at radius 1 is 1.06 bits per heavy atom. The van der Waals surface area contributed by atoms with Crippen molar-refractivity contribution in [2.24, 2.45) is 0 Å². The highest BCUT2D eigenvalue weighted by molar-refractivity contribution is 7.15. The number of amides is 1. The van der Waals surface area contributed by atoms with Gasteiger partial charge in [-0.25, -0.2) is 9.18 Å². The van der Waals surface area contributed by atoms with Crippen LogP contribution in [0.15, 0.2) is 53.9 Å². The molecule has 1 N–H and O–H groups in total. The summed E-state index contributed by atoms with van der Waals surface area (Å²) >= 11 is 1.26. The van der Waals surface area contributed by atoms with Crippen LogP contribution in [0.4, 0.5) is 9.39 Å². The van der Waals surface area contributed by atoms with E-state index in [1.165, 1.54) is 29.0 Å². The van der Waals surface area contributed by atoms with Gasteiger partial charge in [-0.15, -0.1) is 11.3 Å². The van der Waals surface area contributed by atoms with E-state index in [9.17, 15) is 14.0 Å². The lowest BCUT2D eigenvalue weighted by Gasteiger charge is -2.09. The van der Waals surface area contributed by atoms with Crippen molar-refractivity contribution in [3.05, 3.63) is 76.4 Å². The molecule has 3 rings (SSSR count). The van der Waals surface area contributed by atoms with E-state index in [0.717, 1.165) is 5.56 Å². The minimum atomic E-state index is -0.511. The number of carbonyl (C=O) groups is 2. The average molecular weight is 440 g/mol. The van der Waals surface area contributed by atoms with Crippen LogP contribution in [0.25, 0.3) is 11.1 Å². The van der Waals surface area contributed by atoms with Crippen LogP contribution in [-0.4, -0.2) is 18.5 Å². The van der Waals surface area contributed by atoms with Gasteiger partial charge in [-0.3, -0.25) is 4.79 Å². The molecule has 1 heterocycles. The molecule has 1 amide bonds. The summed E-state index contributed by atoms with van der Waals surface area (Å²) in [5.41, 5.74) is 3.95. The Bertz CT molecular complexity index is 1040. The van der Waals surface area contributed by atoms with Crippen LogP contribution in [0.5, 0.6) is 0 Å². The number of rotatable bonds is 8. The van der Waals surface area contributed by atoms with Gasteiger partial charge in [0.15, 0.2) is 0 Å². The summed E-state index contributed by atoms with van der Waals surface area (Å²) in [5.74, 6) is -0.576. The van der Waals surface area contributed by atoms with E-state index in [4.69, 9.17) is 4.74 Å². The molecule has 0 saturated carbocycles. The fourth-order valence-corrected chi connectivity index (χ4v) is 4.19. The Labute approximate surface area is 186 Å². The highest BCUT2D eigenvalue weighted by atomic mass is 32.1. The van der Waals surface area contributed by atoms with Gasteiger partial charge in [0.2, 0.25) is 5.91 Å². The van der Waals surface area contributed by atoms with Gasteiger partial charge < -0.3 is 10.1 Å². The maximum absolute atomic E-state index is 13.3. The Morgan fingerprint density at radius 3 is 2.35 bits per heavy atom. The van der Waals surface area contributed by atoms with Gasteiger partial charge in [0.25, 0.3) is 0 Å². The Kier molecular flexibility index (Phi) is 7.58. The summed E-state index contributed by atoms with van der Waals surface area (Å²) in [6.07, 6.45) is 0.905. The number of thiophene rings is 1. The second-order valence-corrected chi connectivity index (χ2v) is 8.40. The van der Waals surface area contributed by atoms with E-state index < -0.39 is 5.97 Å². The van der Waals surface area contributed by atoms with Crippen LogP contribution in [-0.2, 0) is 16.0 Å². The molecule has 3 aromatic rings. The topological polar surface area (TPSA) is 55.4 Å². The van der Waals surface area contributed by atoms with Gasteiger partial charge in [0.1, 0.15) is 16.4 Å². The summed E-state index contributed by atoms with van der Waals surface area (Å²) < 4.78 is 18.5. The monoisotopic (exact) mass is 439 g/mol. The number of esters is 1. The number of hydrogen-bond acceptors (Lipinski definition) is 4. The van der Waals surface area contributed by atoms with Gasteiger partial charge in [-0.05, 0) is 48.1 Å². The van der Waals surface area contributed by atoms with Crippen molar-refractivity contribution in [1.82, 2.24) is 0 Å². The predicted molar refractivity (Wildman–Crippen MR) is 123 cm³/mol. The van der Waals surface area contributed by atoms with Crippen molar-refractivity contribution in [3.63, 3.8) is 0 Å². The van der Waals surface area contributed by atoms with E-state index in [-0.39, 0.29) is 18.3 Å². The Balaban J connectivity index is 1.74. The first-order chi connectivity index (χ1) is 14.9. The third-order valence-electron chi connectivity index (χ3n) is 4.97. The molecule has 0 unspecified atom stereocenters. The number of hydrogen-bond donors (Lipinski definition) is 1. The molecule has 0 atom stereocenters. The molecule has 0 saturated heterocycles. The lowest BCUT2D eigenvalue weighted by molar-refractivity contribution is -0.116. The number of nitrogens with one attached hydrogen (secondary N) is 1. The fourth-order valence-electron chi connectivity index (χ4n) is 3.21. The number of ether oxygens (including phenoxy) is 1. The second kappa shape index (κ2) is 10.4. The van der Waals surface area contributed by atoms with Crippen molar-refractivity contribution in [2.75, 3.05) is 11.9 Å². The van der Waals surface area contributed by atoms with Crippen molar-refractivity contribution < 1.29 is 18.7 Å². The third kappa shape index (κ3) is 5.79. The van der Waals surface area contributed by atoms with Crippen molar-refractivity contribution in [3.8, 4) is 11.1 Å². The zero-order valence-corrected chi connectivity index (χ0v) is 18.7. The van der Waals surface area contributed by atoms with Crippen LogP contribution < -0.4 is 5.32 Å². The first-order valence-electron chi connectivity index (χ1n) is 10.3. The number of carbonyl (C=O) groups excluding carboxylic acids is 2. The summed E-state index contributed by atoms with van der Waals surface area (Å²) in [4.78, 5) is 25.2. The van der Waals surface area contributed by atoms with Gasteiger partial charge in [-0.1, -0.05) is 50.2 Å². The van der Waals surface area contributed by atoms with Crippen LogP contribution in [0.2, 0.25) is 0 Å². The highest BCUT2D eigenvalue weighted by Gasteiger charge is 2.22. The number of aryl methyl sites for hydroxylation is 1. The summed E-state index contributed by atoms with van der Waals surface area (Å²) in [7, 11) is 0. The van der Waals surface area contributed by atoms with Gasteiger partial charge in [0.05, 0.1) is 6.61 Å². The number of halogens is 1. The second-order valence-electron chi connectivity index (χ2n) is 7.53. The zero-order chi connectivity index (χ0) is 22.4. The largest absolute Gasteiger partial charge is 0.462 e. The van der Waals surface area contributed by atoms with Crippen molar-refractivity contribution in [2.45, 2.75) is 39.5 Å². The van der Waals surface area contributed by atoms with E-state index >= 15 is 0 Å². The molecule has 0 radical (unpaired) electrons. The predicted octanol–water partition coefficient (Wildman–Crippen LogP) is 6.43. The smallest absolute Gasteiger partial charge is 0.341 e. The molecule has 4 nitrogen and oxygen atoms in total. The lowest BCUT2D eigenvalue weighted by Crippen LogP contribution is -2.15. The van der Waals surface area contributed by atoms with Crippen molar-refractivity contribution >= 4 is 28.2 Å². The number of benzene rings is 2. The van der Waals surface area contributed by atoms with Crippen LogP contribution in [0, 0.1) is 5.82 Å². The normalized spacial score (nSPS) is 10.9. The molecule has 2 aromatic carbocycles. The first-order valence-corrected chi connectivity index (χ1v) is 11.2. The van der Waals surface area contributed by atoms with E-state index in [0.29, 0.717) is 40.5 Å². The standard InChI is InChI=1S/C25H26FNO3S/c1-4-30-25(29)23-21(19-10-12-20(26)13-11-19)15-31-24(23)27-22(28)14-7-17-5-8-18(9-6-17)16(2)3/h5-6,8-13,15-16H,4,7,14H2,1-3H3,(H,27,28). The molecular weight excluding hydrogens is 413 g/mol. The lowest BCUT2D eigenvalue weighted by atomic mass is 10.0. The summed E-state index contributed by atoms with van der Waals surface area (Å²) in [6, 6.07) is 14.2. The third-order valence-corrected chi connectivity index (χ3v) is 5.86. The Morgan fingerprint density at radius 2 is 1.74 bits per heavy atom. The minimum Gasteiger partial charge on any atom is -0.462 e. The van der Waals surface area contributed by atoms with E-state index in [1.807, 2.05) is 12.1 Å². The van der Waals surface area contributed by atoms with Gasteiger partial charge in [0, 0.05) is 17.4 Å². The Hall–Kier alpha value is -2.99. The molecule has 1 aromatic heterocycles. The molecule has 31 heavy (non-hydrogen) atoms. The van der Waals surface area contributed by atoms with Crippen LogP contribution in [0.3, 0.4) is 0 Å². The molecule has 0 aliphatic heterocycles. The molecule has 0 fully saturated rings. The molecule has 6 heteroatoms. The van der Waals surface area contributed by atoms with E-state index in [1.54, 1.807) is 24.4 Å². The molecule has 0 spiro atoms. The zero-order valence-electron chi connectivity index (χ0n) is 17.9. The molecule has 162 valence electrons. The first kappa shape index (κ1) is 22.7. The highest BCUT2D eigenvalue weighted by Crippen LogP contribution is 2.36. The van der Waals surface area contributed by atoms with Crippen LogP contribution >= 0.6 is 11.3 Å². The van der Waals surface area contributed by atoms with Crippen LogP contribution in [0.1, 0.15) is 54.6 Å². The molecule has 0 bridgehead atoms. The minimum absolute atomic E-state index is 0.175. The fraction of sp³-hybridized carbons (Fsp3) is 0.280. The summed E-state index contributed by atoms with van der Waals surface area (Å²) in [5, 5.41) is 5.08. The van der Waals surface area contributed by atoms with Gasteiger partial charge in [-0.2, -0.15) is 0 Å².